The van der Waals surface area contributed by atoms with Crippen molar-refractivity contribution in [3.63, 3.8) is 0 Å². The second kappa shape index (κ2) is 4.29. The Morgan fingerprint density at radius 2 is 1.80 bits per heavy atom. The minimum absolute atomic E-state index is 0.0373. The van der Waals surface area contributed by atoms with Crippen LogP contribution in [-0.4, -0.2) is 23.9 Å². The van der Waals surface area contributed by atoms with E-state index in [4.69, 9.17) is 0 Å². The van der Waals surface area contributed by atoms with Gasteiger partial charge in [0.2, 0.25) is 0 Å². The average molecular weight is 206 g/mol. The maximum absolute atomic E-state index is 11.9. The summed E-state index contributed by atoms with van der Waals surface area (Å²) in [6.45, 7) is 1.68. The number of hydrogen-bond donors (Lipinski definition) is 0. The highest BCUT2D eigenvalue weighted by Gasteiger charge is 2.18. The van der Waals surface area contributed by atoms with Gasteiger partial charge in [-0.15, -0.1) is 0 Å². The maximum Gasteiger partial charge on any atom is 0.254 e. The van der Waals surface area contributed by atoms with Crippen molar-refractivity contribution in [1.29, 1.82) is 0 Å². The molecule has 0 unspecified atom stereocenters. The molecule has 0 saturated carbocycles. The quantitative estimate of drug-likeness (QED) is 0.507. The van der Waals surface area contributed by atoms with Crippen LogP contribution >= 0.6 is 0 Å². The van der Waals surface area contributed by atoms with Crippen LogP contribution in [0, 0.1) is 5.21 Å². The van der Waals surface area contributed by atoms with Crippen molar-refractivity contribution in [3.8, 4) is 0 Å². The number of carbonyl (C=O) groups is 1. The van der Waals surface area contributed by atoms with Gasteiger partial charge < -0.3 is 10.1 Å². The molecule has 0 N–H and O–H groups in total. The highest BCUT2D eigenvalue weighted by Crippen LogP contribution is 2.12. The Balaban J connectivity index is 2.09. The first-order valence-electron chi connectivity index (χ1n) is 5.25. The Hall–Kier alpha value is -1.58. The zero-order valence-corrected chi connectivity index (χ0v) is 8.56. The van der Waals surface area contributed by atoms with Crippen LogP contribution in [0.25, 0.3) is 0 Å². The molecular formula is C11H14N2O2. The molecule has 1 amide bonds. The second-order valence-electron chi connectivity index (χ2n) is 3.80. The van der Waals surface area contributed by atoms with Crippen LogP contribution in [0.3, 0.4) is 0 Å². The smallest absolute Gasteiger partial charge is 0.254 e. The van der Waals surface area contributed by atoms with Crippen LogP contribution in [-0.2, 0) is 0 Å². The van der Waals surface area contributed by atoms with Gasteiger partial charge in [-0.25, -0.2) is 0 Å². The van der Waals surface area contributed by atoms with E-state index < -0.39 is 0 Å². The van der Waals surface area contributed by atoms with Crippen molar-refractivity contribution >= 4 is 5.91 Å². The lowest BCUT2D eigenvalue weighted by Crippen LogP contribution is -2.36. The van der Waals surface area contributed by atoms with E-state index in [0.29, 0.717) is 10.3 Å². The van der Waals surface area contributed by atoms with Crippen LogP contribution < -0.4 is 4.73 Å². The number of hydrogen-bond acceptors (Lipinski definition) is 2. The molecule has 1 aliphatic heterocycles. The highest BCUT2D eigenvalue weighted by atomic mass is 16.5. The minimum atomic E-state index is 0.0373. The Labute approximate surface area is 88.7 Å². The van der Waals surface area contributed by atoms with E-state index in [9.17, 15) is 10.0 Å². The number of amides is 1. The van der Waals surface area contributed by atoms with E-state index in [0.717, 1.165) is 25.9 Å². The van der Waals surface area contributed by atoms with Crippen LogP contribution in [0.1, 0.15) is 29.6 Å². The van der Waals surface area contributed by atoms with Gasteiger partial charge in [-0.1, -0.05) is 0 Å². The monoisotopic (exact) mass is 206 g/mol. The molecule has 4 heteroatoms. The van der Waals surface area contributed by atoms with Crippen molar-refractivity contribution in [1.82, 2.24) is 4.90 Å². The third-order valence-corrected chi connectivity index (χ3v) is 2.69. The molecule has 0 atom stereocenters. The topological polar surface area (TPSA) is 47.2 Å². The van der Waals surface area contributed by atoms with Gasteiger partial charge in [-0.2, -0.15) is 4.73 Å². The van der Waals surface area contributed by atoms with Crippen molar-refractivity contribution in [3.05, 3.63) is 35.3 Å². The summed E-state index contributed by atoms with van der Waals surface area (Å²) in [5.41, 5.74) is 0.601. The summed E-state index contributed by atoms with van der Waals surface area (Å²) >= 11 is 0. The van der Waals surface area contributed by atoms with Crippen LogP contribution in [0.15, 0.2) is 24.5 Å². The maximum atomic E-state index is 11.9. The standard InChI is InChI=1S/C11H14N2O2/c14-11(12-6-2-1-3-7-12)10-4-8-13(15)9-5-10/h4-5,8-9H,1-3,6-7H2. The molecule has 1 aromatic rings. The molecule has 0 spiro atoms. The normalized spacial score (nSPS) is 16.4. The summed E-state index contributed by atoms with van der Waals surface area (Å²) in [6, 6.07) is 3.15. The van der Waals surface area contributed by atoms with E-state index in [1.807, 2.05) is 4.90 Å². The summed E-state index contributed by atoms with van der Waals surface area (Å²) < 4.78 is 0.687. The van der Waals surface area contributed by atoms with Crippen LogP contribution in [0.4, 0.5) is 0 Å². The van der Waals surface area contributed by atoms with E-state index in [2.05, 4.69) is 0 Å². The Kier molecular flexibility index (Phi) is 2.85. The molecular weight excluding hydrogens is 192 g/mol. The predicted molar refractivity (Wildman–Crippen MR) is 55.2 cm³/mol. The lowest BCUT2D eigenvalue weighted by molar-refractivity contribution is -0.605. The van der Waals surface area contributed by atoms with E-state index in [1.54, 1.807) is 12.1 Å². The third-order valence-electron chi connectivity index (χ3n) is 2.69. The molecule has 1 aromatic heterocycles. The van der Waals surface area contributed by atoms with Crippen molar-refractivity contribution in [2.45, 2.75) is 19.3 Å². The number of likely N-dealkylation sites (tertiary alicyclic amines) is 1. The number of pyridine rings is 1. The fourth-order valence-electron chi connectivity index (χ4n) is 1.83. The highest BCUT2D eigenvalue weighted by molar-refractivity contribution is 5.94. The van der Waals surface area contributed by atoms with Crippen molar-refractivity contribution in [2.75, 3.05) is 13.1 Å². The first-order valence-corrected chi connectivity index (χ1v) is 5.25. The SMILES string of the molecule is O=C(c1cc[n+]([O-])cc1)N1CCCCC1. The largest absolute Gasteiger partial charge is 0.619 e. The second-order valence-corrected chi connectivity index (χ2v) is 3.80. The van der Waals surface area contributed by atoms with Gasteiger partial charge in [0, 0.05) is 25.2 Å². The summed E-state index contributed by atoms with van der Waals surface area (Å²) in [4.78, 5) is 13.8. The van der Waals surface area contributed by atoms with Crippen LogP contribution in [0.2, 0.25) is 0 Å². The molecule has 2 heterocycles. The Bertz CT molecular complexity index is 342. The zero-order chi connectivity index (χ0) is 10.7. The number of piperidine rings is 1. The van der Waals surface area contributed by atoms with E-state index >= 15 is 0 Å². The first-order chi connectivity index (χ1) is 7.27. The van der Waals surface area contributed by atoms with Gasteiger partial charge in [0.1, 0.15) is 0 Å². The molecule has 0 radical (unpaired) electrons. The molecule has 0 aromatic carbocycles. The molecule has 1 fully saturated rings. The number of rotatable bonds is 1. The molecule has 15 heavy (non-hydrogen) atoms. The fraction of sp³-hybridized carbons (Fsp3) is 0.455. The van der Waals surface area contributed by atoms with Gasteiger partial charge in [-0.05, 0) is 19.3 Å². The average Bonchev–Trinajstić information content (AvgIpc) is 2.30. The van der Waals surface area contributed by atoms with Gasteiger partial charge in [0.15, 0.2) is 12.4 Å². The Morgan fingerprint density at radius 1 is 1.20 bits per heavy atom. The summed E-state index contributed by atoms with van der Waals surface area (Å²) in [5.74, 6) is 0.0373. The molecule has 80 valence electrons. The van der Waals surface area contributed by atoms with E-state index in [1.165, 1.54) is 18.8 Å². The van der Waals surface area contributed by atoms with Gasteiger partial charge >= 0.3 is 0 Å². The van der Waals surface area contributed by atoms with Crippen molar-refractivity contribution < 1.29 is 9.52 Å². The minimum Gasteiger partial charge on any atom is -0.619 e. The van der Waals surface area contributed by atoms with Crippen LogP contribution in [0.5, 0.6) is 0 Å². The molecule has 1 aliphatic rings. The number of aromatic nitrogens is 1. The third kappa shape index (κ3) is 2.26. The summed E-state index contributed by atoms with van der Waals surface area (Å²) in [7, 11) is 0. The molecule has 1 saturated heterocycles. The number of carbonyl (C=O) groups excluding carboxylic acids is 1. The number of nitrogens with zero attached hydrogens (tertiary/aromatic N) is 2. The van der Waals surface area contributed by atoms with Crippen molar-refractivity contribution in [2.24, 2.45) is 0 Å². The van der Waals surface area contributed by atoms with E-state index in [-0.39, 0.29) is 5.91 Å². The zero-order valence-electron chi connectivity index (χ0n) is 8.56. The van der Waals surface area contributed by atoms with Gasteiger partial charge in [0.25, 0.3) is 5.91 Å². The first kappa shape index (κ1) is 9.96. The fourth-order valence-corrected chi connectivity index (χ4v) is 1.83. The lowest BCUT2D eigenvalue weighted by atomic mass is 10.1. The molecule has 4 nitrogen and oxygen atoms in total. The van der Waals surface area contributed by atoms with Gasteiger partial charge in [0.05, 0.1) is 5.56 Å². The molecule has 0 aliphatic carbocycles. The Morgan fingerprint density at radius 3 is 2.40 bits per heavy atom. The van der Waals surface area contributed by atoms with Gasteiger partial charge in [-0.3, -0.25) is 4.79 Å². The summed E-state index contributed by atoms with van der Waals surface area (Å²) in [6.07, 6.45) is 6.09. The predicted octanol–water partition coefficient (Wildman–Crippen LogP) is 0.946. The summed E-state index contributed by atoms with van der Waals surface area (Å²) in [5, 5.41) is 10.8. The lowest BCUT2D eigenvalue weighted by Gasteiger charge is -2.26. The molecule has 2 rings (SSSR count). The molecule has 0 bridgehead atoms.